The van der Waals surface area contributed by atoms with Crippen LogP contribution in [-0.4, -0.2) is 23.9 Å². The van der Waals surface area contributed by atoms with E-state index < -0.39 is 23.9 Å². The van der Waals surface area contributed by atoms with E-state index in [0.29, 0.717) is 10.6 Å². The number of nitrogens with zero attached hydrogens (tertiary/aromatic N) is 1. The van der Waals surface area contributed by atoms with E-state index in [-0.39, 0.29) is 22.5 Å². The van der Waals surface area contributed by atoms with Crippen molar-refractivity contribution in [2.45, 2.75) is 13.1 Å². The van der Waals surface area contributed by atoms with E-state index in [1.807, 2.05) is 0 Å². The molecule has 0 spiro atoms. The number of carbonyl (C=O) groups is 3. The molecule has 0 aliphatic carbocycles. The Morgan fingerprint density at radius 3 is 2.31 bits per heavy atom. The van der Waals surface area contributed by atoms with Gasteiger partial charge in [0.1, 0.15) is 0 Å². The lowest BCUT2D eigenvalue weighted by molar-refractivity contribution is -0.167. The molecule has 1 aliphatic heterocycles. The van der Waals surface area contributed by atoms with E-state index in [1.54, 1.807) is 5.32 Å². The van der Waals surface area contributed by atoms with Crippen molar-refractivity contribution < 1.29 is 27.6 Å². The third kappa shape index (κ3) is 3.03. The molecule has 9 heteroatoms. The van der Waals surface area contributed by atoms with Gasteiger partial charge in [-0.2, -0.15) is 13.2 Å². The molecule has 3 amide bonds. The highest BCUT2D eigenvalue weighted by molar-refractivity contribution is 6.36. The third-order valence-corrected chi connectivity index (χ3v) is 4.04. The number of alkyl halides is 3. The molecule has 134 valence electrons. The highest BCUT2D eigenvalue weighted by atomic mass is 35.5. The van der Waals surface area contributed by atoms with Crippen LogP contribution < -0.4 is 10.2 Å². The minimum atomic E-state index is -5.02. The first-order valence-corrected chi connectivity index (χ1v) is 7.64. The molecule has 0 aromatic heterocycles. The van der Waals surface area contributed by atoms with Gasteiger partial charge in [-0.1, -0.05) is 11.6 Å². The van der Waals surface area contributed by atoms with Crippen molar-refractivity contribution in [1.29, 1.82) is 0 Å². The Kier molecular flexibility index (Phi) is 4.23. The average molecular weight is 383 g/mol. The van der Waals surface area contributed by atoms with E-state index in [0.717, 1.165) is 4.90 Å². The van der Waals surface area contributed by atoms with Crippen molar-refractivity contribution in [3.63, 3.8) is 0 Å². The third-order valence-electron chi connectivity index (χ3n) is 3.80. The monoisotopic (exact) mass is 382 g/mol. The predicted octanol–water partition coefficient (Wildman–Crippen LogP) is 3.95. The van der Waals surface area contributed by atoms with Crippen LogP contribution in [-0.2, 0) is 4.79 Å². The largest absolute Gasteiger partial charge is 0.471 e. The normalized spacial score (nSPS) is 13.8. The number of imide groups is 1. The maximum absolute atomic E-state index is 12.5. The van der Waals surface area contributed by atoms with Crippen molar-refractivity contribution in [2.75, 3.05) is 10.2 Å². The van der Waals surface area contributed by atoms with Gasteiger partial charge < -0.3 is 5.32 Å². The standard InChI is InChI=1S/C17H10ClF3N2O3/c1-8-6-10(22-16(26)17(19,20)21)3-5-13(8)23-14(24)11-4-2-9(18)7-12(11)15(23)25/h2-7H,1H3,(H,22,26). The van der Waals surface area contributed by atoms with Gasteiger partial charge in [-0.05, 0) is 48.9 Å². The van der Waals surface area contributed by atoms with E-state index in [9.17, 15) is 27.6 Å². The zero-order chi connectivity index (χ0) is 19.2. The van der Waals surface area contributed by atoms with Crippen LogP contribution in [0.5, 0.6) is 0 Å². The van der Waals surface area contributed by atoms with Crippen molar-refractivity contribution in [1.82, 2.24) is 0 Å². The number of hydrogen-bond acceptors (Lipinski definition) is 3. The number of hydrogen-bond donors (Lipinski definition) is 1. The summed E-state index contributed by atoms with van der Waals surface area (Å²) in [5, 5.41) is 2.02. The highest BCUT2D eigenvalue weighted by Gasteiger charge is 2.39. The first kappa shape index (κ1) is 17.9. The van der Waals surface area contributed by atoms with Gasteiger partial charge in [0.2, 0.25) is 0 Å². The average Bonchev–Trinajstić information content (AvgIpc) is 2.78. The van der Waals surface area contributed by atoms with E-state index >= 15 is 0 Å². The Balaban J connectivity index is 1.93. The summed E-state index contributed by atoms with van der Waals surface area (Å²) in [5.74, 6) is -3.25. The molecule has 0 atom stereocenters. The number of nitrogens with one attached hydrogen (secondary N) is 1. The first-order chi connectivity index (χ1) is 12.1. The topological polar surface area (TPSA) is 66.5 Å². The molecule has 0 radical (unpaired) electrons. The summed E-state index contributed by atoms with van der Waals surface area (Å²) in [4.78, 5) is 37.0. The molecule has 2 aromatic rings. The van der Waals surface area contributed by atoms with Crippen LogP contribution in [0.25, 0.3) is 0 Å². The maximum atomic E-state index is 12.5. The molecule has 1 N–H and O–H groups in total. The van der Waals surface area contributed by atoms with Crippen LogP contribution in [0.2, 0.25) is 5.02 Å². The highest BCUT2D eigenvalue weighted by Crippen LogP contribution is 2.33. The number of carbonyl (C=O) groups excluding carboxylic acids is 3. The van der Waals surface area contributed by atoms with Crippen molar-refractivity contribution in [3.8, 4) is 0 Å². The Bertz CT molecular complexity index is 957. The fraction of sp³-hybridized carbons (Fsp3) is 0.118. The molecule has 2 aromatic carbocycles. The first-order valence-electron chi connectivity index (χ1n) is 7.27. The summed E-state index contributed by atoms with van der Waals surface area (Å²) in [5.41, 5.74) is 0.778. The number of halogens is 4. The summed E-state index contributed by atoms with van der Waals surface area (Å²) in [6.07, 6.45) is -5.02. The van der Waals surface area contributed by atoms with E-state index in [1.165, 1.54) is 43.3 Å². The smallest absolute Gasteiger partial charge is 0.318 e. The molecule has 0 fully saturated rings. The lowest BCUT2D eigenvalue weighted by Crippen LogP contribution is -2.31. The van der Waals surface area contributed by atoms with Gasteiger partial charge >= 0.3 is 12.1 Å². The molecule has 0 unspecified atom stereocenters. The zero-order valence-corrected chi connectivity index (χ0v) is 13.9. The molecule has 0 saturated carbocycles. The van der Waals surface area contributed by atoms with Gasteiger partial charge in [-0.25, -0.2) is 4.90 Å². The quantitative estimate of drug-likeness (QED) is 0.800. The lowest BCUT2D eigenvalue weighted by atomic mass is 10.1. The molecular formula is C17H10ClF3N2O3. The molecule has 3 rings (SSSR count). The summed E-state index contributed by atoms with van der Waals surface area (Å²) in [6, 6.07) is 8.02. The zero-order valence-electron chi connectivity index (χ0n) is 13.1. The summed E-state index contributed by atoms with van der Waals surface area (Å²) in [7, 11) is 0. The molecule has 1 heterocycles. The number of fused-ring (bicyclic) bond motifs is 1. The van der Waals surface area contributed by atoms with Gasteiger partial charge in [-0.3, -0.25) is 14.4 Å². The molecule has 0 bridgehead atoms. The minimum Gasteiger partial charge on any atom is -0.318 e. The second kappa shape index (κ2) is 6.14. The Hall–Kier alpha value is -2.87. The van der Waals surface area contributed by atoms with Crippen LogP contribution in [0, 0.1) is 6.92 Å². The molecule has 0 saturated heterocycles. The Morgan fingerprint density at radius 2 is 1.69 bits per heavy atom. The van der Waals surface area contributed by atoms with Crippen LogP contribution in [0.1, 0.15) is 26.3 Å². The fourth-order valence-corrected chi connectivity index (χ4v) is 2.79. The molecule has 1 aliphatic rings. The van der Waals surface area contributed by atoms with E-state index in [4.69, 9.17) is 11.6 Å². The van der Waals surface area contributed by atoms with Crippen molar-refractivity contribution >= 4 is 40.7 Å². The predicted molar refractivity (Wildman–Crippen MR) is 88.5 cm³/mol. The van der Waals surface area contributed by atoms with Crippen molar-refractivity contribution in [2.24, 2.45) is 0 Å². The lowest BCUT2D eigenvalue weighted by Gasteiger charge is -2.18. The Labute approximate surface area is 150 Å². The second-order valence-corrected chi connectivity index (χ2v) is 6.03. The maximum Gasteiger partial charge on any atom is 0.471 e. The van der Waals surface area contributed by atoms with Gasteiger partial charge in [0.15, 0.2) is 0 Å². The van der Waals surface area contributed by atoms with Gasteiger partial charge in [0.05, 0.1) is 16.8 Å². The van der Waals surface area contributed by atoms with Gasteiger partial charge in [0.25, 0.3) is 11.8 Å². The SMILES string of the molecule is Cc1cc(NC(=O)C(F)(F)F)ccc1N1C(=O)c2ccc(Cl)cc2C1=O. The number of amides is 3. The Morgan fingerprint density at radius 1 is 1.04 bits per heavy atom. The number of benzene rings is 2. The fourth-order valence-electron chi connectivity index (χ4n) is 2.62. The summed E-state index contributed by atoms with van der Waals surface area (Å²) in [6.45, 7) is 1.51. The number of anilines is 2. The molecule has 26 heavy (non-hydrogen) atoms. The molecular weight excluding hydrogens is 373 g/mol. The van der Waals surface area contributed by atoms with Crippen LogP contribution in [0.3, 0.4) is 0 Å². The van der Waals surface area contributed by atoms with Gasteiger partial charge in [0, 0.05) is 10.7 Å². The summed E-state index contributed by atoms with van der Waals surface area (Å²) >= 11 is 5.85. The van der Waals surface area contributed by atoms with Crippen LogP contribution in [0.4, 0.5) is 24.5 Å². The number of aryl methyl sites for hydroxylation is 1. The van der Waals surface area contributed by atoms with Crippen molar-refractivity contribution in [3.05, 3.63) is 58.1 Å². The van der Waals surface area contributed by atoms with Crippen LogP contribution >= 0.6 is 11.6 Å². The second-order valence-electron chi connectivity index (χ2n) is 5.59. The van der Waals surface area contributed by atoms with E-state index in [2.05, 4.69) is 0 Å². The molecule has 5 nitrogen and oxygen atoms in total. The number of rotatable bonds is 2. The van der Waals surface area contributed by atoms with Crippen LogP contribution in [0.15, 0.2) is 36.4 Å². The minimum absolute atomic E-state index is 0.103. The van der Waals surface area contributed by atoms with Gasteiger partial charge in [-0.15, -0.1) is 0 Å². The summed E-state index contributed by atoms with van der Waals surface area (Å²) < 4.78 is 37.0.